The van der Waals surface area contributed by atoms with Crippen molar-refractivity contribution in [1.29, 1.82) is 0 Å². The summed E-state index contributed by atoms with van der Waals surface area (Å²) in [4.78, 5) is 62.9. The van der Waals surface area contributed by atoms with E-state index in [-0.39, 0.29) is 60.2 Å². The monoisotopic (exact) mass is 687 g/mol. The van der Waals surface area contributed by atoms with Crippen molar-refractivity contribution < 1.29 is 47.7 Å². The highest BCUT2D eigenvalue weighted by Crippen LogP contribution is 2.79. The lowest BCUT2D eigenvalue weighted by Gasteiger charge is -2.54. The number of hydrogen-bond donors (Lipinski definition) is 3. The van der Waals surface area contributed by atoms with E-state index in [0.717, 1.165) is 30.4 Å². The molecule has 2 saturated heterocycles. The number of unbranched alkanes of at least 4 members (excludes halogenated alkanes) is 1. The average molecular weight is 688 g/mol. The molecule has 3 aliphatic carbocycles. The number of ether oxygens (including phenoxy) is 5. The number of rotatable bonds is 12. The standard InChI is InChI=1S/C36H53N3O10/c1-19(2)22-16-27-36(48-27)34(7)13-11-21-23(18-45-31(21)43)24(34)17-26-35(36,47-26)29(22)46-28(41)12-15-38-30(42)25(10-8-9-14-37-20(3)40)39-32(44)49-33(4,5)6/h19,22,24-27,29H,8-18H2,1-7H3,(H,37,40)(H,38,42)(H,39,44)/t22?,24?,25-,26-,27-,29+,34-,35+,36+/m0/s1. The minimum atomic E-state index is -0.877. The summed E-state index contributed by atoms with van der Waals surface area (Å²) < 4.78 is 30.6. The topological polar surface area (TPSA) is 174 Å². The Hall–Kier alpha value is -3.19. The molecule has 0 bridgehead atoms. The van der Waals surface area contributed by atoms with Crippen molar-refractivity contribution in [3.05, 3.63) is 11.1 Å². The van der Waals surface area contributed by atoms with Gasteiger partial charge in [0.1, 0.15) is 30.0 Å². The first-order chi connectivity index (χ1) is 23.0. The molecule has 13 heteroatoms. The van der Waals surface area contributed by atoms with E-state index in [1.54, 1.807) is 20.8 Å². The zero-order valence-corrected chi connectivity index (χ0v) is 29.9. The van der Waals surface area contributed by atoms with Crippen LogP contribution < -0.4 is 16.0 Å². The predicted molar refractivity (Wildman–Crippen MR) is 175 cm³/mol. The quantitative estimate of drug-likeness (QED) is 0.120. The van der Waals surface area contributed by atoms with Gasteiger partial charge in [0.15, 0.2) is 5.60 Å². The molecule has 9 atom stereocenters. The number of hydrogen-bond acceptors (Lipinski definition) is 10. The highest BCUT2D eigenvalue weighted by atomic mass is 16.7. The summed E-state index contributed by atoms with van der Waals surface area (Å²) >= 11 is 0. The maximum absolute atomic E-state index is 13.5. The van der Waals surface area contributed by atoms with Crippen LogP contribution in [0.2, 0.25) is 0 Å². The van der Waals surface area contributed by atoms with Crippen LogP contribution in [0.15, 0.2) is 11.1 Å². The maximum Gasteiger partial charge on any atom is 0.408 e. The van der Waals surface area contributed by atoms with Crippen molar-refractivity contribution >= 4 is 29.8 Å². The minimum Gasteiger partial charge on any atom is -0.459 e. The van der Waals surface area contributed by atoms with E-state index in [1.807, 2.05) is 0 Å². The first-order valence-electron chi connectivity index (χ1n) is 18.0. The fourth-order valence-electron chi connectivity index (χ4n) is 9.49. The molecule has 3 heterocycles. The van der Waals surface area contributed by atoms with Crippen molar-refractivity contribution in [1.82, 2.24) is 16.0 Å². The second kappa shape index (κ2) is 12.9. The molecule has 3 amide bonds. The molecule has 0 aromatic heterocycles. The largest absolute Gasteiger partial charge is 0.459 e. The van der Waals surface area contributed by atoms with Crippen LogP contribution in [0.25, 0.3) is 0 Å². The summed E-state index contributed by atoms with van der Waals surface area (Å²) in [6.45, 7) is 14.0. The summed E-state index contributed by atoms with van der Waals surface area (Å²) in [5, 5.41) is 8.17. The van der Waals surface area contributed by atoms with Gasteiger partial charge >= 0.3 is 18.0 Å². The van der Waals surface area contributed by atoms with Crippen molar-refractivity contribution in [3.63, 3.8) is 0 Å². The van der Waals surface area contributed by atoms with Gasteiger partial charge in [-0.25, -0.2) is 9.59 Å². The van der Waals surface area contributed by atoms with Crippen LogP contribution in [0.3, 0.4) is 0 Å². The summed E-state index contributed by atoms with van der Waals surface area (Å²) in [6.07, 6.45) is 3.04. The summed E-state index contributed by atoms with van der Waals surface area (Å²) in [5.74, 6) is -0.824. The first kappa shape index (κ1) is 35.6. The van der Waals surface area contributed by atoms with E-state index < -0.39 is 46.9 Å². The van der Waals surface area contributed by atoms with E-state index in [2.05, 4.69) is 36.7 Å². The third-order valence-electron chi connectivity index (χ3n) is 11.8. The Morgan fingerprint density at radius 1 is 1.02 bits per heavy atom. The Labute approximate surface area is 288 Å². The van der Waals surface area contributed by atoms with Crippen LogP contribution in [0, 0.1) is 23.2 Å². The molecule has 0 radical (unpaired) electrons. The second-order valence-electron chi connectivity index (χ2n) is 16.3. The van der Waals surface area contributed by atoms with E-state index in [1.165, 1.54) is 6.92 Å². The zero-order chi connectivity index (χ0) is 35.5. The molecule has 0 aromatic carbocycles. The van der Waals surface area contributed by atoms with Crippen molar-refractivity contribution in [2.75, 3.05) is 19.7 Å². The molecule has 3 N–H and O–H groups in total. The number of cyclic esters (lactones) is 1. The average Bonchev–Trinajstić information content (AvgIpc) is 3.89. The highest BCUT2D eigenvalue weighted by molar-refractivity contribution is 5.92. The third kappa shape index (κ3) is 6.23. The first-order valence-corrected chi connectivity index (χ1v) is 18.0. The van der Waals surface area contributed by atoms with Crippen LogP contribution in [-0.2, 0) is 42.9 Å². The normalized spacial score (nSPS) is 35.8. The van der Waals surface area contributed by atoms with Crippen molar-refractivity contribution in [2.24, 2.45) is 23.2 Å². The van der Waals surface area contributed by atoms with Crippen LogP contribution >= 0.6 is 0 Å². The van der Waals surface area contributed by atoms with Gasteiger partial charge in [0.05, 0.1) is 18.6 Å². The number of epoxide rings is 2. The number of alkyl carbamates (subject to hydrolysis) is 1. The number of carbonyl (C=O) groups excluding carboxylic acids is 5. The van der Waals surface area contributed by atoms with Gasteiger partial charge < -0.3 is 39.6 Å². The van der Waals surface area contributed by atoms with Gasteiger partial charge in [0.2, 0.25) is 11.8 Å². The molecule has 272 valence electrons. The van der Waals surface area contributed by atoms with E-state index in [4.69, 9.17) is 23.7 Å². The predicted octanol–water partition coefficient (Wildman–Crippen LogP) is 3.23. The number of carbonyl (C=O) groups is 5. The SMILES string of the molecule is CC(=O)NCCCC[C@H](NC(=O)OC(C)(C)C)C(=O)NCCC(=O)O[C@@H]1C(C(C)C)C[C@@H]2O[C@]23[C@]12O[C@H]2CC1C2=C(CC[C@@]13C)C(=O)OC2. The van der Waals surface area contributed by atoms with Crippen LogP contribution in [-0.4, -0.2) is 90.7 Å². The van der Waals surface area contributed by atoms with Gasteiger partial charge in [-0.2, -0.15) is 0 Å². The van der Waals surface area contributed by atoms with Crippen LogP contribution in [0.1, 0.15) is 99.8 Å². The molecule has 6 rings (SSSR count). The fraction of sp³-hybridized carbons (Fsp3) is 0.806. The van der Waals surface area contributed by atoms with Crippen molar-refractivity contribution in [3.8, 4) is 0 Å². The highest BCUT2D eigenvalue weighted by Gasteiger charge is 2.93. The summed E-state index contributed by atoms with van der Waals surface area (Å²) in [5.41, 5.74) is -0.443. The molecule has 3 aliphatic heterocycles. The Balaban J connectivity index is 1.09. The Morgan fingerprint density at radius 2 is 1.78 bits per heavy atom. The number of esters is 2. The Kier molecular flexibility index (Phi) is 9.34. The number of fused-ring (bicyclic) bond motifs is 2. The van der Waals surface area contributed by atoms with Gasteiger partial charge in [0, 0.05) is 36.9 Å². The zero-order valence-electron chi connectivity index (χ0n) is 29.9. The molecule has 2 saturated carbocycles. The smallest absolute Gasteiger partial charge is 0.408 e. The van der Waals surface area contributed by atoms with Crippen molar-refractivity contribution in [2.45, 2.75) is 141 Å². The van der Waals surface area contributed by atoms with E-state index >= 15 is 0 Å². The van der Waals surface area contributed by atoms with Gasteiger partial charge in [-0.15, -0.1) is 0 Å². The molecule has 2 spiro atoms. The van der Waals surface area contributed by atoms with Crippen LogP contribution in [0.5, 0.6) is 0 Å². The molecule has 13 nitrogen and oxygen atoms in total. The third-order valence-corrected chi connectivity index (χ3v) is 11.8. The fourth-order valence-corrected chi connectivity index (χ4v) is 9.49. The van der Waals surface area contributed by atoms with Gasteiger partial charge in [-0.05, 0) is 83.1 Å². The molecule has 0 aromatic rings. The Bertz CT molecular complexity index is 1420. The summed E-state index contributed by atoms with van der Waals surface area (Å²) in [7, 11) is 0. The molecule has 49 heavy (non-hydrogen) atoms. The molecular weight excluding hydrogens is 634 g/mol. The summed E-state index contributed by atoms with van der Waals surface area (Å²) in [6, 6.07) is -0.877. The van der Waals surface area contributed by atoms with Crippen LogP contribution in [0.4, 0.5) is 4.79 Å². The lowest BCUT2D eigenvalue weighted by atomic mass is 9.46. The van der Waals surface area contributed by atoms with E-state index in [9.17, 15) is 24.0 Å². The number of amides is 3. The minimum absolute atomic E-state index is 0.000220. The molecule has 6 aliphatic rings. The lowest BCUT2D eigenvalue weighted by molar-refractivity contribution is -0.169. The number of nitrogens with one attached hydrogen (secondary N) is 3. The molecular formula is C36H53N3O10. The molecule has 2 unspecified atom stereocenters. The van der Waals surface area contributed by atoms with Gasteiger partial charge in [-0.1, -0.05) is 20.8 Å². The second-order valence-corrected chi connectivity index (χ2v) is 16.3. The van der Waals surface area contributed by atoms with E-state index in [0.29, 0.717) is 38.8 Å². The maximum atomic E-state index is 13.5. The molecule has 4 fully saturated rings. The van der Waals surface area contributed by atoms with Gasteiger partial charge in [0.25, 0.3) is 0 Å². The lowest BCUT2D eigenvalue weighted by Crippen LogP contribution is -2.67. The Morgan fingerprint density at radius 3 is 2.47 bits per heavy atom. The van der Waals surface area contributed by atoms with Gasteiger partial charge in [-0.3, -0.25) is 14.4 Å².